The van der Waals surface area contributed by atoms with Crippen LogP contribution in [-0.2, 0) is 6.54 Å². The molecular formula is C18H24N4O2. The number of carbonyl (C=O) groups is 1. The molecule has 0 saturated carbocycles. The third kappa shape index (κ3) is 4.14. The third-order valence-electron chi connectivity index (χ3n) is 4.49. The first kappa shape index (κ1) is 16.5. The molecule has 2 atom stereocenters. The number of carbonyl (C=O) groups excluding carboxylic acids is 1. The summed E-state index contributed by atoms with van der Waals surface area (Å²) in [5.41, 5.74) is 1.16. The highest BCUT2D eigenvalue weighted by Crippen LogP contribution is 2.20. The Bertz CT molecular complexity index is 669. The Balaban J connectivity index is 1.57. The highest BCUT2D eigenvalue weighted by atomic mass is 16.3. The third-order valence-corrected chi connectivity index (χ3v) is 4.49. The number of amides is 2. The number of hydrogen-bond acceptors (Lipinski definition) is 3. The van der Waals surface area contributed by atoms with Gasteiger partial charge in [0.15, 0.2) is 5.82 Å². The van der Waals surface area contributed by atoms with Crippen LogP contribution in [0.3, 0.4) is 0 Å². The Morgan fingerprint density at radius 2 is 2.17 bits per heavy atom. The molecular weight excluding hydrogens is 304 g/mol. The zero-order valence-electron chi connectivity index (χ0n) is 13.9. The number of aliphatic hydroxyl groups is 1. The quantitative estimate of drug-likeness (QED) is 0.906. The lowest BCUT2D eigenvalue weighted by Crippen LogP contribution is -2.44. The summed E-state index contributed by atoms with van der Waals surface area (Å²) in [6.07, 6.45) is 3.36. The molecule has 2 aromatic rings. The maximum Gasteiger partial charge on any atom is 0.323 e. The van der Waals surface area contributed by atoms with E-state index >= 15 is 0 Å². The molecule has 2 N–H and O–H groups in total. The number of aromatic nitrogens is 2. The molecule has 1 aliphatic heterocycles. The topological polar surface area (TPSA) is 70.4 Å². The van der Waals surface area contributed by atoms with Crippen molar-refractivity contribution in [1.29, 1.82) is 0 Å². The fourth-order valence-electron chi connectivity index (χ4n) is 3.06. The maximum absolute atomic E-state index is 12.4. The standard InChI is InChI=1S/C18H24N4O2/c1-14(23)16-8-5-10-21(13-16)18(24)19-17-9-11-22(20-17)12-15-6-3-2-4-7-15/h2-4,6-7,9,11,14,16,23H,5,8,10,12-13H2,1H3,(H,19,20,24). The van der Waals surface area contributed by atoms with Gasteiger partial charge in [0.2, 0.25) is 0 Å². The Morgan fingerprint density at radius 1 is 1.38 bits per heavy atom. The number of nitrogens with one attached hydrogen (secondary N) is 1. The van der Waals surface area contributed by atoms with Crippen LogP contribution in [0.25, 0.3) is 0 Å². The summed E-state index contributed by atoms with van der Waals surface area (Å²) < 4.78 is 1.81. The van der Waals surface area contributed by atoms with E-state index < -0.39 is 0 Å². The van der Waals surface area contributed by atoms with Gasteiger partial charge in [0, 0.05) is 31.3 Å². The van der Waals surface area contributed by atoms with Gasteiger partial charge in [-0.3, -0.25) is 10.00 Å². The molecule has 0 bridgehead atoms. The van der Waals surface area contributed by atoms with Crippen molar-refractivity contribution in [1.82, 2.24) is 14.7 Å². The van der Waals surface area contributed by atoms with E-state index in [1.807, 2.05) is 36.5 Å². The van der Waals surface area contributed by atoms with Gasteiger partial charge in [-0.25, -0.2) is 4.79 Å². The highest BCUT2D eigenvalue weighted by Gasteiger charge is 2.26. The van der Waals surface area contributed by atoms with Crippen LogP contribution in [0.5, 0.6) is 0 Å². The second-order valence-corrected chi connectivity index (χ2v) is 6.40. The molecule has 1 aromatic carbocycles. The number of urea groups is 1. The van der Waals surface area contributed by atoms with Crippen LogP contribution < -0.4 is 5.32 Å². The van der Waals surface area contributed by atoms with Crippen molar-refractivity contribution in [3.05, 3.63) is 48.2 Å². The largest absolute Gasteiger partial charge is 0.393 e. The van der Waals surface area contributed by atoms with Gasteiger partial charge in [-0.15, -0.1) is 0 Å². The minimum absolute atomic E-state index is 0.148. The van der Waals surface area contributed by atoms with Gasteiger partial charge >= 0.3 is 6.03 Å². The molecule has 0 aliphatic carbocycles. The minimum Gasteiger partial charge on any atom is -0.393 e. The van der Waals surface area contributed by atoms with Crippen molar-refractivity contribution < 1.29 is 9.90 Å². The van der Waals surface area contributed by atoms with Crippen LogP contribution in [0.15, 0.2) is 42.6 Å². The maximum atomic E-state index is 12.4. The zero-order chi connectivity index (χ0) is 16.9. The number of hydrogen-bond donors (Lipinski definition) is 2. The average Bonchev–Trinajstić information content (AvgIpc) is 3.02. The van der Waals surface area contributed by atoms with E-state index in [1.165, 1.54) is 0 Å². The van der Waals surface area contributed by atoms with E-state index in [0.717, 1.165) is 24.9 Å². The molecule has 128 valence electrons. The summed E-state index contributed by atoms with van der Waals surface area (Å²) in [5, 5.41) is 17.0. The fraction of sp³-hybridized carbons (Fsp3) is 0.444. The van der Waals surface area contributed by atoms with E-state index in [1.54, 1.807) is 22.6 Å². The summed E-state index contributed by atoms with van der Waals surface area (Å²) in [4.78, 5) is 14.1. The van der Waals surface area contributed by atoms with Crippen molar-refractivity contribution in [3.8, 4) is 0 Å². The predicted octanol–water partition coefficient (Wildman–Crippen LogP) is 2.56. The predicted molar refractivity (Wildman–Crippen MR) is 92.8 cm³/mol. The van der Waals surface area contributed by atoms with E-state index in [9.17, 15) is 9.90 Å². The Hall–Kier alpha value is -2.34. The van der Waals surface area contributed by atoms with Gasteiger partial charge in [0.25, 0.3) is 0 Å². The SMILES string of the molecule is CC(O)C1CCCN(C(=O)Nc2ccn(Cc3ccccc3)n2)C1. The van der Waals surface area contributed by atoms with Crippen molar-refractivity contribution in [2.45, 2.75) is 32.4 Å². The van der Waals surface area contributed by atoms with Crippen LogP contribution in [0.1, 0.15) is 25.3 Å². The van der Waals surface area contributed by atoms with Crippen LogP contribution in [0.2, 0.25) is 0 Å². The molecule has 6 nitrogen and oxygen atoms in total. The summed E-state index contributed by atoms with van der Waals surface area (Å²) in [6.45, 7) is 3.77. The van der Waals surface area contributed by atoms with Gasteiger partial charge in [-0.2, -0.15) is 5.10 Å². The number of rotatable bonds is 4. The van der Waals surface area contributed by atoms with Gasteiger partial charge in [0.1, 0.15) is 0 Å². The second kappa shape index (κ2) is 7.49. The van der Waals surface area contributed by atoms with Crippen molar-refractivity contribution in [2.24, 2.45) is 5.92 Å². The first-order valence-corrected chi connectivity index (χ1v) is 8.43. The Labute approximate surface area is 142 Å². The summed E-state index contributed by atoms with van der Waals surface area (Å²) in [6, 6.07) is 11.7. The molecule has 2 amide bonds. The van der Waals surface area contributed by atoms with Crippen LogP contribution >= 0.6 is 0 Å². The molecule has 3 rings (SSSR count). The highest BCUT2D eigenvalue weighted by molar-refractivity contribution is 5.88. The molecule has 24 heavy (non-hydrogen) atoms. The molecule has 1 fully saturated rings. The van der Waals surface area contributed by atoms with Gasteiger partial charge in [-0.1, -0.05) is 30.3 Å². The first-order chi connectivity index (χ1) is 11.6. The van der Waals surface area contributed by atoms with Gasteiger partial charge in [-0.05, 0) is 25.3 Å². The Morgan fingerprint density at radius 3 is 2.92 bits per heavy atom. The zero-order valence-corrected chi connectivity index (χ0v) is 13.9. The average molecular weight is 328 g/mol. The van der Waals surface area contributed by atoms with Crippen LogP contribution in [0, 0.1) is 5.92 Å². The van der Waals surface area contributed by atoms with Crippen molar-refractivity contribution in [2.75, 3.05) is 18.4 Å². The molecule has 1 aromatic heterocycles. The van der Waals surface area contributed by atoms with Gasteiger partial charge in [0.05, 0.1) is 12.6 Å². The summed E-state index contributed by atoms with van der Waals surface area (Å²) >= 11 is 0. The van der Waals surface area contributed by atoms with E-state index in [4.69, 9.17) is 0 Å². The lowest BCUT2D eigenvalue weighted by Gasteiger charge is -2.33. The molecule has 1 aliphatic rings. The first-order valence-electron chi connectivity index (χ1n) is 8.43. The molecule has 0 radical (unpaired) electrons. The lowest BCUT2D eigenvalue weighted by atomic mass is 9.94. The van der Waals surface area contributed by atoms with E-state index in [0.29, 0.717) is 18.9 Å². The normalized spacial score (nSPS) is 19.1. The van der Waals surface area contributed by atoms with Crippen molar-refractivity contribution in [3.63, 3.8) is 0 Å². The number of piperidine rings is 1. The molecule has 2 unspecified atom stereocenters. The minimum atomic E-state index is -0.384. The number of likely N-dealkylation sites (tertiary alicyclic amines) is 1. The number of aliphatic hydroxyl groups excluding tert-OH is 1. The van der Waals surface area contributed by atoms with E-state index in [2.05, 4.69) is 10.4 Å². The van der Waals surface area contributed by atoms with Gasteiger partial charge < -0.3 is 10.0 Å². The second-order valence-electron chi connectivity index (χ2n) is 6.40. The lowest BCUT2D eigenvalue weighted by molar-refractivity contribution is 0.0766. The van der Waals surface area contributed by atoms with E-state index in [-0.39, 0.29) is 18.1 Å². The van der Waals surface area contributed by atoms with Crippen LogP contribution in [0.4, 0.5) is 10.6 Å². The molecule has 2 heterocycles. The molecule has 1 saturated heterocycles. The monoisotopic (exact) mass is 328 g/mol. The smallest absolute Gasteiger partial charge is 0.323 e. The molecule has 0 spiro atoms. The molecule has 6 heteroatoms. The Kier molecular flexibility index (Phi) is 5.15. The van der Waals surface area contributed by atoms with Crippen LogP contribution in [-0.4, -0.2) is 45.0 Å². The summed E-state index contributed by atoms with van der Waals surface area (Å²) in [7, 11) is 0. The van der Waals surface area contributed by atoms with Crippen molar-refractivity contribution >= 4 is 11.8 Å². The number of nitrogens with zero attached hydrogens (tertiary/aromatic N) is 3. The number of anilines is 1. The fourth-order valence-corrected chi connectivity index (χ4v) is 3.06. The number of benzene rings is 1. The summed E-state index contributed by atoms with van der Waals surface area (Å²) in [5.74, 6) is 0.704.